The van der Waals surface area contributed by atoms with Gasteiger partial charge in [0.15, 0.2) is 5.13 Å². The molecule has 0 aromatic carbocycles. The highest BCUT2D eigenvalue weighted by Crippen LogP contribution is 2.18. The number of hydrogen-bond donors (Lipinski definition) is 1. The van der Waals surface area contributed by atoms with Crippen molar-refractivity contribution in [2.45, 2.75) is 13.5 Å². The molecular weight excluding hydrogens is 316 g/mol. The number of aromatic nitrogens is 1. The van der Waals surface area contributed by atoms with E-state index in [1.807, 2.05) is 10.3 Å². The van der Waals surface area contributed by atoms with Gasteiger partial charge in [-0.3, -0.25) is 14.5 Å². The van der Waals surface area contributed by atoms with Gasteiger partial charge in [0.05, 0.1) is 17.5 Å². The molecule has 2 aromatic rings. The van der Waals surface area contributed by atoms with Crippen LogP contribution in [0.5, 0.6) is 0 Å². The van der Waals surface area contributed by atoms with Crippen molar-refractivity contribution >= 4 is 28.3 Å². The van der Waals surface area contributed by atoms with E-state index in [1.165, 1.54) is 30.8 Å². The second kappa shape index (κ2) is 6.93. The first-order valence-electron chi connectivity index (χ1n) is 7.37. The van der Waals surface area contributed by atoms with Crippen molar-refractivity contribution in [3.05, 3.63) is 35.2 Å². The minimum absolute atomic E-state index is 0.0139. The summed E-state index contributed by atoms with van der Waals surface area (Å²) >= 11 is 1.43. The Hall–Kier alpha value is -2.19. The van der Waals surface area contributed by atoms with Crippen LogP contribution in [0.4, 0.5) is 5.13 Å². The van der Waals surface area contributed by atoms with Gasteiger partial charge in [0, 0.05) is 45.0 Å². The fraction of sp³-hybridized carbons (Fsp3) is 0.400. The summed E-state index contributed by atoms with van der Waals surface area (Å²) in [6, 6.07) is 1.69. The second-order valence-corrected chi connectivity index (χ2v) is 6.26. The van der Waals surface area contributed by atoms with Crippen LogP contribution in [0.25, 0.3) is 0 Å². The van der Waals surface area contributed by atoms with Crippen LogP contribution in [0.15, 0.2) is 28.4 Å². The first-order chi connectivity index (χ1) is 11.1. The molecule has 1 saturated heterocycles. The van der Waals surface area contributed by atoms with Crippen LogP contribution in [0, 0.1) is 0 Å². The number of piperazine rings is 1. The Kier molecular flexibility index (Phi) is 4.73. The van der Waals surface area contributed by atoms with E-state index in [-0.39, 0.29) is 11.8 Å². The van der Waals surface area contributed by atoms with Gasteiger partial charge in [0.25, 0.3) is 5.91 Å². The molecule has 3 rings (SSSR count). The van der Waals surface area contributed by atoms with Gasteiger partial charge < -0.3 is 14.6 Å². The van der Waals surface area contributed by atoms with Crippen molar-refractivity contribution in [2.75, 3.05) is 31.5 Å². The minimum Gasteiger partial charge on any atom is -0.472 e. The number of carbonyl (C=O) groups excluding carboxylic acids is 2. The smallest absolute Gasteiger partial charge is 0.257 e. The van der Waals surface area contributed by atoms with Crippen molar-refractivity contribution in [2.24, 2.45) is 0 Å². The maximum atomic E-state index is 12.2. The number of rotatable bonds is 4. The molecule has 1 N–H and O–H groups in total. The second-order valence-electron chi connectivity index (χ2n) is 5.41. The molecule has 0 radical (unpaired) electrons. The lowest BCUT2D eigenvalue weighted by Gasteiger charge is -2.34. The van der Waals surface area contributed by atoms with Crippen LogP contribution < -0.4 is 5.32 Å². The number of nitrogens with zero attached hydrogens (tertiary/aromatic N) is 3. The maximum Gasteiger partial charge on any atom is 0.257 e. The molecule has 0 aliphatic carbocycles. The number of hydrogen-bond acceptors (Lipinski definition) is 6. The summed E-state index contributed by atoms with van der Waals surface area (Å²) in [6.07, 6.45) is 2.99. The molecule has 0 atom stereocenters. The Bertz CT molecular complexity index is 675. The van der Waals surface area contributed by atoms with Crippen LogP contribution in [0.1, 0.15) is 23.0 Å². The van der Waals surface area contributed by atoms with E-state index in [1.54, 1.807) is 6.07 Å². The van der Waals surface area contributed by atoms with Crippen molar-refractivity contribution < 1.29 is 14.0 Å². The third-order valence-corrected chi connectivity index (χ3v) is 4.45. The predicted molar refractivity (Wildman–Crippen MR) is 86.3 cm³/mol. The van der Waals surface area contributed by atoms with Crippen LogP contribution in [0.2, 0.25) is 0 Å². The van der Waals surface area contributed by atoms with Crippen LogP contribution in [-0.2, 0) is 11.3 Å². The van der Waals surface area contributed by atoms with Gasteiger partial charge in [0.1, 0.15) is 6.26 Å². The van der Waals surface area contributed by atoms with E-state index in [0.717, 1.165) is 25.3 Å². The molecule has 1 fully saturated rings. The Morgan fingerprint density at radius 3 is 2.78 bits per heavy atom. The SMILES string of the molecule is CC(=O)Nc1nc(CN2CCN(C(=O)c3ccoc3)CC2)cs1. The van der Waals surface area contributed by atoms with Crippen molar-refractivity contribution in [1.29, 1.82) is 0 Å². The monoisotopic (exact) mass is 334 g/mol. The zero-order valence-electron chi connectivity index (χ0n) is 12.8. The van der Waals surface area contributed by atoms with Gasteiger partial charge in [-0.05, 0) is 6.07 Å². The molecule has 23 heavy (non-hydrogen) atoms. The number of furan rings is 1. The fourth-order valence-electron chi connectivity index (χ4n) is 2.49. The summed E-state index contributed by atoms with van der Waals surface area (Å²) in [5, 5.41) is 5.27. The van der Waals surface area contributed by atoms with E-state index in [0.29, 0.717) is 23.8 Å². The molecule has 3 heterocycles. The highest BCUT2D eigenvalue weighted by molar-refractivity contribution is 7.13. The van der Waals surface area contributed by atoms with Crippen molar-refractivity contribution in [3.63, 3.8) is 0 Å². The molecule has 1 aliphatic rings. The third-order valence-electron chi connectivity index (χ3n) is 3.65. The minimum atomic E-state index is -0.114. The summed E-state index contributed by atoms with van der Waals surface area (Å²) in [5.74, 6) is -0.0997. The zero-order valence-corrected chi connectivity index (χ0v) is 13.6. The standard InChI is InChI=1S/C15H18N4O3S/c1-11(20)16-15-17-13(10-23-15)8-18-3-5-19(6-4-18)14(21)12-2-7-22-9-12/h2,7,9-10H,3-6,8H2,1H3,(H,16,17,20). The molecular formula is C15H18N4O3S. The normalized spacial score (nSPS) is 15.6. The van der Waals surface area contributed by atoms with Gasteiger partial charge in [-0.1, -0.05) is 0 Å². The Balaban J connectivity index is 1.50. The van der Waals surface area contributed by atoms with E-state index < -0.39 is 0 Å². The Morgan fingerprint density at radius 2 is 2.13 bits per heavy atom. The van der Waals surface area contributed by atoms with Gasteiger partial charge in [-0.25, -0.2) is 4.98 Å². The van der Waals surface area contributed by atoms with Crippen molar-refractivity contribution in [1.82, 2.24) is 14.8 Å². The lowest BCUT2D eigenvalue weighted by atomic mass is 10.2. The van der Waals surface area contributed by atoms with E-state index >= 15 is 0 Å². The van der Waals surface area contributed by atoms with Crippen LogP contribution >= 0.6 is 11.3 Å². The number of thiazole rings is 1. The molecule has 8 heteroatoms. The lowest BCUT2D eigenvalue weighted by molar-refractivity contribution is -0.114. The van der Waals surface area contributed by atoms with E-state index in [2.05, 4.69) is 15.2 Å². The Labute approximate surface area is 137 Å². The average Bonchev–Trinajstić information content (AvgIpc) is 3.19. The molecule has 1 aliphatic heterocycles. The lowest BCUT2D eigenvalue weighted by Crippen LogP contribution is -2.48. The van der Waals surface area contributed by atoms with Gasteiger partial charge in [-0.2, -0.15) is 0 Å². The number of nitrogens with one attached hydrogen (secondary N) is 1. The molecule has 7 nitrogen and oxygen atoms in total. The topological polar surface area (TPSA) is 78.7 Å². The number of carbonyl (C=O) groups is 2. The average molecular weight is 334 g/mol. The Morgan fingerprint density at radius 1 is 1.35 bits per heavy atom. The molecule has 2 amide bonds. The summed E-state index contributed by atoms with van der Waals surface area (Å²) in [5.41, 5.74) is 1.53. The predicted octanol–water partition coefficient (Wildman–Crippen LogP) is 1.65. The van der Waals surface area contributed by atoms with Crippen molar-refractivity contribution in [3.8, 4) is 0 Å². The highest BCUT2D eigenvalue weighted by atomic mass is 32.1. The first kappa shape index (κ1) is 15.7. The summed E-state index contributed by atoms with van der Waals surface area (Å²) < 4.78 is 4.96. The zero-order chi connectivity index (χ0) is 16.2. The third kappa shape index (κ3) is 3.96. The van der Waals surface area contributed by atoms with Gasteiger partial charge in [-0.15, -0.1) is 11.3 Å². The highest BCUT2D eigenvalue weighted by Gasteiger charge is 2.23. The van der Waals surface area contributed by atoms with E-state index in [4.69, 9.17) is 4.42 Å². The molecule has 0 bridgehead atoms. The summed E-state index contributed by atoms with van der Waals surface area (Å²) in [7, 11) is 0. The quantitative estimate of drug-likeness (QED) is 0.920. The molecule has 0 spiro atoms. The van der Waals surface area contributed by atoms with Gasteiger partial charge in [0.2, 0.25) is 5.91 Å². The fourth-order valence-corrected chi connectivity index (χ4v) is 3.24. The van der Waals surface area contributed by atoms with Gasteiger partial charge >= 0.3 is 0 Å². The molecule has 2 aromatic heterocycles. The van der Waals surface area contributed by atoms with Crippen LogP contribution in [0.3, 0.4) is 0 Å². The molecule has 0 unspecified atom stereocenters. The van der Waals surface area contributed by atoms with E-state index in [9.17, 15) is 9.59 Å². The van der Waals surface area contributed by atoms with Crippen LogP contribution in [-0.4, -0.2) is 52.8 Å². The maximum absolute atomic E-state index is 12.2. The number of amides is 2. The largest absolute Gasteiger partial charge is 0.472 e. The first-order valence-corrected chi connectivity index (χ1v) is 8.25. The summed E-state index contributed by atoms with van der Waals surface area (Å²) in [4.78, 5) is 31.7. The summed E-state index contributed by atoms with van der Waals surface area (Å²) in [6.45, 7) is 5.17. The molecule has 0 saturated carbocycles. The number of anilines is 1. The molecule has 122 valence electrons.